The maximum absolute atomic E-state index is 13.4. The highest BCUT2D eigenvalue weighted by Crippen LogP contribution is 2.29. The Bertz CT molecular complexity index is 1160. The summed E-state index contributed by atoms with van der Waals surface area (Å²) in [6.07, 6.45) is 6.61. The minimum absolute atomic E-state index is 0.0525. The van der Waals surface area contributed by atoms with E-state index in [4.69, 9.17) is 9.47 Å². The van der Waals surface area contributed by atoms with Gasteiger partial charge in [-0.1, -0.05) is 6.07 Å². The van der Waals surface area contributed by atoms with Gasteiger partial charge in [0.05, 0.1) is 19.9 Å². The second kappa shape index (κ2) is 9.98. The average molecular weight is 450 g/mol. The van der Waals surface area contributed by atoms with Crippen LogP contribution in [0.3, 0.4) is 0 Å². The van der Waals surface area contributed by atoms with Crippen molar-refractivity contribution in [2.45, 2.75) is 45.1 Å². The van der Waals surface area contributed by atoms with E-state index in [-0.39, 0.29) is 17.6 Å². The van der Waals surface area contributed by atoms with Gasteiger partial charge in [0.25, 0.3) is 5.91 Å². The van der Waals surface area contributed by atoms with Crippen molar-refractivity contribution in [1.29, 1.82) is 0 Å². The van der Waals surface area contributed by atoms with E-state index < -0.39 is 0 Å². The fourth-order valence-electron chi connectivity index (χ4n) is 4.63. The zero-order valence-electron chi connectivity index (χ0n) is 19.5. The Morgan fingerprint density at radius 3 is 2.48 bits per heavy atom. The van der Waals surface area contributed by atoms with Crippen LogP contribution in [0.1, 0.15) is 47.3 Å². The van der Waals surface area contributed by atoms with Crippen LogP contribution < -0.4 is 15.2 Å². The van der Waals surface area contributed by atoms with Gasteiger partial charge >= 0.3 is 5.69 Å². The van der Waals surface area contributed by atoms with Gasteiger partial charge in [-0.3, -0.25) is 9.36 Å². The molecule has 33 heavy (non-hydrogen) atoms. The standard InChI is InChI=1S/C26H31N3O4/c1-18-17-27-26(31)29(18)22-12-9-20(10-13-22)25(30)28-15-5-4-6-21(28)11-7-19-8-14-23(32-2)24(16-19)33-3/h8-10,12-14,16-17,21H,4-7,11,15H2,1-3H3,(H,27,31). The van der Waals surface area contributed by atoms with Gasteiger partial charge in [0.2, 0.25) is 0 Å². The van der Waals surface area contributed by atoms with E-state index in [1.807, 2.05) is 48.2 Å². The number of hydrogen-bond acceptors (Lipinski definition) is 4. The Kier molecular flexibility index (Phi) is 6.87. The topological polar surface area (TPSA) is 76.6 Å². The van der Waals surface area contributed by atoms with E-state index in [0.717, 1.165) is 61.5 Å². The number of imidazole rings is 1. The Morgan fingerprint density at radius 1 is 1.06 bits per heavy atom. The molecule has 7 nitrogen and oxygen atoms in total. The Morgan fingerprint density at radius 2 is 1.82 bits per heavy atom. The predicted molar refractivity (Wildman–Crippen MR) is 128 cm³/mol. The van der Waals surface area contributed by atoms with Gasteiger partial charge in [0, 0.05) is 30.0 Å². The molecule has 1 fully saturated rings. The molecule has 0 radical (unpaired) electrons. The van der Waals surface area contributed by atoms with Gasteiger partial charge in [-0.15, -0.1) is 0 Å². The smallest absolute Gasteiger partial charge is 0.330 e. The molecular formula is C26H31N3O4. The lowest BCUT2D eigenvalue weighted by molar-refractivity contribution is 0.0602. The SMILES string of the molecule is COc1ccc(CCC2CCCCN2C(=O)c2ccc(-n3c(C)c[nH]c3=O)cc2)cc1OC. The summed E-state index contributed by atoms with van der Waals surface area (Å²) in [5.41, 5.74) is 3.21. The molecule has 3 aromatic rings. The lowest BCUT2D eigenvalue weighted by atomic mass is 9.95. The molecule has 1 amide bonds. The second-order valence-corrected chi connectivity index (χ2v) is 8.49. The van der Waals surface area contributed by atoms with Crippen LogP contribution in [0, 0.1) is 6.92 Å². The number of rotatable bonds is 7. The van der Waals surface area contributed by atoms with Crippen LogP contribution in [0.25, 0.3) is 5.69 Å². The number of aromatic amines is 1. The first kappa shape index (κ1) is 22.7. The summed E-state index contributed by atoms with van der Waals surface area (Å²) in [6.45, 7) is 2.64. The highest BCUT2D eigenvalue weighted by Gasteiger charge is 2.27. The fourth-order valence-corrected chi connectivity index (χ4v) is 4.63. The molecule has 0 spiro atoms. The lowest BCUT2D eigenvalue weighted by Gasteiger charge is -2.36. The zero-order valence-corrected chi connectivity index (χ0v) is 19.5. The van der Waals surface area contributed by atoms with E-state index >= 15 is 0 Å². The van der Waals surface area contributed by atoms with Gasteiger partial charge in [0.1, 0.15) is 0 Å². The third kappa shape index (κ3) is 4.82. The number of aromatic nitrogens is 2. The van der Waals surface area contributed by atoms with Crippen LogP contribution in [0.5, 0.6) is 11.5 Å². The third-order valence-electron chi connectivity index (χ3n) is 6.43. The second-order valence-electron chi connectivity index (χ2n) is 8.49. The van der Waals surface area contributed by atoms with Gasteiger partial charge in [-0.25, -0.2) is 4.79 Å². The summed E-state index contributed by atoms with van der Waals surface area (Å²) in [5, 5.41) is 0. The number of aryl methyl sites for hydroxylation is 2. The van der Waals surface area contributed by atoms with E-state index in [9.17, 15) is 9.59 Å². The number of methoxy groups -OCH3 is 2. The summed E-state index contributed by atoms with van der Waals surface area (Å²) in [6, 6.07) is 13.5. The first-order chi connectivity index (χ1) is 16.0. The van der Waals surface area contributed by atoms with E-state index in [2.05, 4.69) is 11.1 Å². The van der Waals surface area contributed by atoms with Gasteiger partial charge < -0.3 is 19.4 Å². The van der Waals surface area contributed by atoms with Crippen LogP contribution in [-0.2, 0) is 6.42 Å². The van der Waals surface area contributed by atoms with Crippen molar-refractivity contribution in [1.82, 2.24) is 14.5 Å². The molecule has 0 saturated carbocycles. The highest BCUT2D eigenvalue weighted by atomic mass is 16.5. The number of carbonyl (C=O) groups excluding carboxylic acids is 1. The van der Waals surface area contributed by atoms with Crippen molar-refractivity contribution in [3.63, 3.8) is 0 Å². The molecule has 0 bridgehead atoms. The van der Waals surface area contributed by atoms with E-state index in [0.29, 0.717) is 5.56 Å². The molecule has 1 unspecified atom stereocenters. The molecular weight excluding hydrogens is 418 g/mol. The van der Waals surface area contributed by atoms with Crippen LogP contribution in [-0.4, -0.2) is 47.2 Å². The molecule has 1 aliphatic heterocycles. The number of nitrogens with one attached hydrogen (secondary N) is 1. The molecule has 1 atom stereocenters. The average Bonchev–Trinajstić information content (AvgIpc) is 3.20. The Labute approximate surface area is 194 Å². The van der Waals surface area contributed by atoms with Crippen LogP contribution >= 0.6 is 0 Å². The number of ether oxygens (including phenoxy) is 2. The number of H-pyrrole nitrogens is 1. The molecule has 1 saturated heterocycles. The summed E-state index contributed by atoms with van der Waals surface area (Å²) < 4.78 is 12.4. The molecule has 7 heteroatoms. The summed E-state index contributed by atoms with van der Waals surface area (Å²) >= 11 is 0. The lowest BCUT2D eigenvalue weighted by Crippen LogP contribution is -2.44. The van der Waals surface area contributed by atoms with Crippen molar-refractivity contribution >= 4 is 5.91 Å². The van der Waals surface area contributed by atoms with Crippen molar-refractivity contribution < 1.29 is 14.3 Å². The largest absolute Gasteiger partial charge is 0.493 e. The monoisotopic (exact) mass is 449 g/mol. The van der Waals surface area contributed by atoms with Crippen LogP contribution in [0.4, 0.5) is 0 Å². The zero-order chi connectivity index (χ0) is 23.4. The molecule has 1 N–H and O–H groups in total. The van der Waals surface area contributed by atoms with Crippen molar-refractivity contribution in [2.75, 3.05) is 20.8 Å². The molecule has 0 aliphatic carbocycles. The molecule has 1 aliphatic rings. The summed E-state index contributed by atoms with van der Waals surface area (Å²) in [5.74, 6) is 1.50. The minimum atomic E-state index is -0.183. The first-order valence-corrected chi connectivity index (χ1v) is 11.4. The van der Waals surface area contributed by atoms with E-state index in [1.165, 1.54) is 5.56 Å². The normalized spacial score (nSPS) is 16.0. The third-order valence-corrected chi connectivity index (χ3v) is 6.43. The number of carbonyl (C=O) groups is 1. The number of hydrogen-bond donors (Lipinski definition) is 1. The summed E-state index contributed by atoms with van der Waals surface area (Å²) in [4.78, 5) is 30.1. The van der Waals surface area contributed by atoms with Crippen LogP contribution in [0.2, 0.25) is 0 Å². The van der Waals surface area contributed by atoms with Crippen molar-refractivity contribution in [3.05, 3.63) is 76.0 Å². The number of amides is 1. The van der Waals surface area contributed by atoms with E-state index in [1.54, 1.807) is 25.0 Å². The minimum Gasteiger partial charge on any atom is -0.493 e. The molecule has 1 aromatic heterocycles. The van der Waals surface area contributed by atoms with Crippen molar-refractivity contribution in [2.24, 2.45) is 0 Å². The molecule has 2 heterocycles. The number of piperidine rings is 1. The first-order valence-electron chi connectivity index (χ1n) is 11.4. The maximum Gasteiger partial charge on any atom is 0.330 e. The maximum atomic E-state index is 13.4. The molecule has 4 rings (SSSR count). The predicted octanol–water partition coefficient (Wildman–Crippen LogP) is 4.12. The van der Waals surface area contributed by atoms with Gasteiger partial charge in [-0.05, 0) is 81.0 Å². The Hall–Kier alpha value is -3.48. The molecule has 174 valence electrons. The van der Waals surface area contributed by atoms with Gasteiger partial charge in [-0.2, -0.15) is 0 Å². The van der Waals surface area contributed by atoms with Gasteiger partial charge in [0.15, 0.2) is 11.5 Å². The number of likely N-dealkylation sites (tertiary alicyclic amines) is 1. The highest BCUT2D eigenvalue weighted by molar-refractivity contribution is 5.94. The summed E-state index contributed by atoms with van der Waals surface area (Å²) in [7, 11) is 3.27. The van der Waals surface area contributed by atoms with Crippen molar-refractivity contribution in [3.8, 4) is 17.2 Å². The number of benzene rings is 2. The Balaban J connectivity index is 1.47. The fraction of sp³-hybridized carbons (Fsp3) is 0.385. The number of nitrogens with zero attached hydrogens (tertiary/aromatic N) is 2. The quantitative estimate of drug-likeness (QED) is 0.589. The van der Waals surface area contributed by atoms with Crippen LogP contribution in [0.15, 0.2) is 53.5 Å². The molecule has 2 aromatic carbocycles.